The van der Waals surface area contributed by atoms with E-state index < -0.39 is 24.6 Å². The van der Waals surface area contributed by atoms with Crippen molar-refractivity contribution in [2.24, 2.45) is 5.73 Å². The highest BCUT2D eigenvalue weighted by Crippen LogP contribution is 2.14. The topological polar surface area (TPSA) is 78.6 Å². The molecule has 0 aliphatic rings. The summed E-state index contributed by atoms with van der Waals surface area (Å²) < 4.78 is 9.99. The van der Waals surface area contributed by atoms with Gasteiger partial charge in [-0.25, -0.2) is 4.79 Å². The monoisotopic (exact) mass is 237 g/mol. The van der Waals surface area contributed by atoms with Gasteiger partial charge >= 0.3 is 5.97 Å². The van der Waals surface area contributed by atoms with Gasteiger partial charge in [0.15, 0.2) is 12.7 Å². The van der Waals surface area contributed by atoms with E-state index in [9.17, 15) is 9.59 Å². The highest BCUT2D eigenvalue weighted by Gasteiger charge is 2.16. The maximum Gasteiger partial charge on any atom is 0.347 e. The van der Waals surface area contributed by atoms with E-state index in [1.165, 1.54) is 0 Å². The number of rotatable bonds is 5. The molecule has 0 unspecified atom stereocenters. The zero-order valence-electron chi connectivity index (χ0n) is 9.80. The third-order valence-corrected chi connectivity index (χ3v) is 1.99. The SMILES string of the molecule is Cc1cccc(O[C@H](C)C(=O)OCC(N)=O)c1. The number of nitrogens with two attached hydrogens (primary N) is 1. The van der Waals surface area contributed by atoms with Crippen molar-refractivity contribution in [2.75, 3.05) is 6.61 Å². The van der Waals surface area contributed by atoms with Gasteiger partial charge in [-0.15, -0.1) is 0 Å². The van der Waals surface area contributed by atoms with Crippen LogP contribution in [-0.2, 0) is 14.3 Å². The molecule has 1 atom stereocenters. The van der Waals surface area contributed by atoms with Crippen LogP contribution in [0.15, 0.2) is 24.3 Å². The molecule has 0 bridgehead atoms. The van der Waals surface area contributed by atoms with Crippen LogP contribution in [0.2, 0.25) is 0 Å². The van der Waals surface area contributed by atoms with E-state index >= 15 is 0 Å². The molecule has 1 amide bonds. The number of carbonyl (C=O) groups excluding carboxylic acids is 2. The van der Waals surface area contributed by atoms with Gasteiger partial charge in [0.1, 0.15) is 5.75 Å². The Labute approximate surface area is 99.5 Å². The number of aryl methyl sites for hydroxylation is 1. The second-order valence-electron chi connectivity index (χ2n) is 3.65. The fourth-order valence-corrected chi connectivity index (χ4v) is 1.20. The Morgan fingerprint density at radius 3 is 2.71 bits per heavy atom. The Bertz CT molecular complexity index is 417. The first-order valence-corrected chi connectivity index (χ1v) is 5.17. The Hall–Kier alpha value is -2.04. The van der Waals surface area contributed by atoms with Crippen LogP contribution in [0.5, 0.6) is 5.75 Å². The van der Waals surface area contributed by atoms with Gasteiger partial charge in [0.25, 0.3) is 5.91 Å². The third-order valence-electron chi connectivity index (χ3n) is 1.99. The van der Waals surface area contributed by atoms with Crippen molar-refractivity contribution in [2.45, 2.75) is 20.0 Å². The molecule has 5 nitrogen and oxygen atoms in total. The summed E-state index contributed by atoms with van der Waals surface area (Å²) in [7, 11) is 0. The van der Waals surface area contributed by atoms with Crippen molar-refractivity contribution in [3.8, 4) is 5.75 Å². The van der Waals surface area contributed by atoms with E-state index in [-0.39, 0.29) is 0 Å². The Kier molecular flexibility index (Phi) is 4.51. The summed E-state index contributed by atoms with van der Waals surface area (Å²) in [6.07, 6.45) is -0.781. The number of hydrogen-bond acceptors (Lipinski definition) is 4. The van der Waals surface area contributed by atoms with Crippen molar-refractivity contribution in [1.29, 1.82) is 0 Å². The normalized spacial score (nSPS) is 11.6. The lowest BCUT2D eigenvalue weighted by atomic mass is 10.2. The molecule has 0 aliphatic heterocycles. The Morgan fingerprint density at radius 2 is 2.12 bits per heavy atom. The highest BCUT2D eigenvalue weighted by molar-refractivity contribution is 5.80. The number of esters is 1. The van der Waals surface area contributed by atoms with Gasteiger partial charge in [0.2, 0.25) is 0 Å². The second-order valence-corrected chi connectivity index (χ2v) is 3.65. The first-order chi connectivity index (χ1) is 7.99. The summed E-state index contributed by atoms with van der Waals surface area (Å²) in [6, 6.07) is 7.29. The van der Waals surface area contributed by atoms with Crippen LogP contribution in [0.4, 0.5) is 0 Å². The lowest BCUT2D eigenvalue weighted by molar-refractivity contribution is -0.154. The first kappa shape index (κ1) is 13.0. The van der Waals surface area contributed by atoms with E-state index in [0.29, 0.717) is 5.75 Å². The highest BCUT2D eigenvalue weighted by atomic mass is 16.6. The number of ether oxygens (including phenoxy) is 2. The molecule has 0 aliphatic carbocycles. The van der Waals surface area contributed by atoms with E-state index in [0.717, 1.165) is 5.56 Å². The van der Waals surface area contributed by atoms with Gasteiger partial charge in [-0.3, -0.25) is 4.79 Å². The maximum atomic E-state index is 11.4. The molecule has 0 saturated heterocycles. The van der Waals surface area contributed by atoms with Gasteiger partial charge in [0, 0.05) is 0 Å². The molecule has 1 rings (SSSR count). The van der Waals surface area contributed by atoms with Crippen molar-refractivity contribution < 1.29 is 19.1 Å². The van der Waals surface area contributed by atoms with Crippen molar-refractivity contribution >= 4 is 11.9 Å². The predicted octanol–water partition coefficient (Wildman–Crippen LogP) is 0.791. The molecule has 92 valence electrons. The van der Waals surface area contributed by atoms with Gasteiger partial charge in [0.05, 0.1) is 0 Å². The Morgan fingerprint density at radius 1 is 1.41 bits per heavy atom. The molecule has 0 radical (unpaired) electrons. The summed E-state index contributed by atoms with van der Waals surface area (Å²) in [5.41, 5.74) is 5.88. The number of benzene rings is 1. The first-order valence-electron chi connectivity index (χ1n) is 5.17. The molecule has 0 saturated carbocycles. The molecule has 17 heavy (non-hydrogen) atoms. The van der Waals surface area contributed by atoms with E-state index in [2.05, 4.69) is 4.74 Å². The molecule has 0 spiro atoms. The summed E-state index contributed by atoms with van der Waals surface area (Å²) in [4.78, 5) is 21.8. The Balaban J connectivity index is 2.51. The number of hydrogen-bond donors (Lipinski definition) is 1. The average molecular weight is 237 g/mol. The van der Waals surface area contributed by atoms with Gasteiger partial charge in [-0.2, -0.15) is 0 Å². The lowest BCUT2D eigenvalue weighted by Gasteiger charge is -2.13. The van der Waals surface area contributed by atoms with E-state index in [4.69, 9.17) is 10.5 Å². The fraction of sp³-hybridized carbons (Fsp3) is 0.333. The molecule has 1 aromatic carbocycles. The molecule has 2 N–H and O–H groups in total. The van der Waals surface area contributed by atoms with Crippen LogP contribution in [0, 0.1) is 6.92 Å². The van der Waals surface area contributed by atoms with E-state index in [1.807, 2.05) is 19.1 Å². The van der Waals surface area contributed by atoms with Gasteiger partial charge in [-0.1, -0.05) is 12.1 Å². The number of primary amides is 1. The summed E-state index contributed by atoms with van der Waals surface area (Å²) in [5, 5.41) is 0. The van der Waals surface area contributed by atoms with E-state index in [1.54, 1.807) is 19.1 Å². The van der Waals surface area contributed by atoms with Gasteiger partial charge in [-0.05, 0) is 31.5 Å². The van der Waals surface area contributed by atoms with Crippen LogP contribution in [-0.4, -0.2) is 24.6 Å². The number of amides is 1. The molecule has 1 aromatic rings. The molecule has 5 heteroatoms. The van der Waals surface area contributed by atoms with Crippen molar-refractivity contribution in [3.05, 3.63) is 29.8 Å². The van der Waals surface area contributed by atoms with Crippen molar-refractivity contribution in [1.82, 2.24) is 0 Å². The molecule has 0 fully saturated rings. The van der Waals surface area contributed by atoms with Crippen LogP contribution < -0.4 is 10.5 Å². The summed E-state index contributed by atoms with van der Waals surface area (Å²) >= 11 is 0. The minimum absolute atomic E-state index is 0.430. The van der Waals surface area contributed by atoms with Gasteiger partial charge < -0.3 is 15.2 Å². The number of carbonyl (C=O) groups is 2. The standard InChI is InChI=1S/C12H15NO4/c1-8-4-3-5-10(6-8)17-9(2)12(15)16-7-11(13)14/h3-6,9H,7H2,1-2H3,(H2,13,14)/t9-/m1/s1. The quantitative estimate of drug-likeness (QED) is 0.768. The summed E-state index contributed by atoms with van der Waals surface area (Å²) in [6.45, 7) is 3.04. The predicted molar refractivity (Wildman–Crippen MR) is 61.4 cm³/mol. The molecular weight excluding hydrogens is 222 g/mol. The molecular formula is C12H15NO4. The zero-order chi connectivity index (χ0) is 12.8. The van der Waals surface area contributed by atoms with Crippen LogP contribution >= 0.6 is 0 Å². The van der Waals surface area contributed by atoms with Crippen molar-refractivity contribution in [3.63, 3.8) is 0 Å². The van der Waals surface area contributed by atoms with Crippen LogP contribution in [0.1, 0.15) is 12.5 Å². The smallest absolute Gasteiger partial charge is 0.347 e. The minimum Gasteiger partial charge on any atom is -0.479 e. The third kappa shape index (κ3) is 4.55. The maximum absolute atomic E-state index is 11.4. The van der Waals surface area contributed by atoms with Crippen LogP contribution in [0.3, 0.4) is 0 Å². The zero-order valence-corrected chi connectivity index (χ0v) is 9.80. The average Bonchev–Trinajstić information content (AvgIpc) is 2.25. The molecule has 0 aromatic heterocycles. The largest absolute Gasteiger partial charge is 0.479 e. The summed E-state index contributed by atoms with van der Waals surface area (Å²) in [5.74, 6) is -0.736. The lowest BCUT2D eigenvalue weighted by Crippen LogP contribution is -2.29. The fourth-order valence-electron chi connectivity index (χ4n) is 1.20. The second kappa shape index (κ2) is 5.89. The minimum atomic E-state index is -0.781. The molecule has 0 heterocycles. The van der Waals surface area contributed by atoms with Crippen LogP contribution in [0.25, 0.3) is 0 Å².